The van der Waals surface area contributed by atoms with Gasteiger partial charge in [0.05, 0.1) is 0 Å². The lowest BCUT2D eigenvalue weighted by molar-refractivity contribution is -0.137. The molecule has 0 aliphatic heterocycles. The molecule has 0 radical (unpaired) electrons. The van der Waals surface area contributed by atoms with Gasteiger partial charge < -0.3 is 9.84 Å². The van der Waals surface area contributed by atoms with Crippen molar-refractivity contribution in [1.29, 1.82) is 0 Å². The van der Waals surface area contributed by atoms with Gasteiger partial charge >= 0.3 is 5.97 Å². The second-order valence-electron chi connectivity index (χ2n) is 4.86. The number of hydrogen-bond acceptors (Lipinski definition) is 4. The van der Waals surface area contributed by atoms with Gasteiger partial charge in [-0.3, -0.25) is 25.2 Å². The zero-order valence-corrected chi connectivity index (χ0v) is 12.6. The summed E-state index contributed by atoms with van der Waals surface area (Å²) in [5.41, 5.74) is 5.48. The third-order valence-corrected chi connectivity index (χ3v) is 2.79. The van der Waals surface area contributed by atoms with E-state index in [-0.39, 0.29) is 19.3 Å². The molecule has 0 spiro atoms. The predicted octanol–water partition coefficient (Wildman–Crippen LogP) is 1.16. The average molecular weight is 308 g/mol. The smallest absolute Gasteiger partial charge is 0.303 e. The van der Waals surface area contributed by atoms with E-state index in [4.69, 9.17) is 9.84 Å². The molecular formula is C15H20N2O5. The minimum atomic E-state index is -0.961. The first-order valence-corrected chi connectivity index (χ1v) is 6.92. The normalized spacial score (nSPS) is 11.4. The van der Waals surface area contributed by atoms with Crippen molar-refractivity contribution < 1.29 is 24.2 Å². The molecule has 1 rings (SSSR count). The maximum absolute atomic E-state index is 11.8. The van der Waals surface area contributed by atoms with Crippen molar-refractivity contribution in [3.63, 3.8) is 0 Å². The SMILES string of the molecule is Cc1cccc(O[C@@H](C)C(=O)NNC(=O)CCCC(=O)O)c1. The monoisotopic (exact) mass is 308 g/mol. The predicted molar refractivity (Wildman–Crippen MR) is 79.0 cm³/mol. The highest BCUT2D eigenvalue weighted by Crippen LogP contribution is 2.14. The van der Waals surface area contributed by atoms with Crippen LogP contribution in [0.3, 0.4) is 0 Å². The van der Waals surface area contributed by atoms with Gasteiger partial charge in [-0.15, -0.1) is 0 Å². The van der Waals surface area contributed by atoms with E-state index in [0.717, 1.165) is 5.56 Å². The Morgan fingerprint density at radius 1 is 1.23 bits per heavy atom. The molecule has 0 aliphatic rings. The summed E-state index contributed by atoms with van der Waals surface area (Å²) in [6, 6.07) is 7.27. The van der Waals surface area contributed by atoms with Gasteiger partial charge in [-0.1, -0.05) is 12.1 Å². The van der Waals surface area contributed by atoms with E-state index in [1.807, 2.05) is 19.1 Å². The van der Waals surface area contributed by atoms with Gasteiger partial charge in [0.15, 0.2) is 6.10 Å². The highest BCUT2D eigenvalue weighted by molar-refractivity contribution is 5.84. The molecule has 0 saturated carbocycles. The Hall–Kier alpha value is -2.57. The van der Waals surface area contributed by atoms with Crippen LogP contribution < -0.4 is 15.6 Å². The summed E-state index contributed by atoms with van der Waals surface area (Å²) in [5.74, 6) is -1.34. The molecule has 2 amide bonds. The van der Waals surface area contributed by atoms with Crippen LogP contribution in [0, 0.1) is 6.92 Å². The number of amides is 2. The summed E-state index contributed by atoms with van der Waals surface area (Å²) in [6.07, 6.45) is -0.624. The first-order valence-electron chi connectivity index (χ1n) is 6.92. The molecule has 3 N–H and O–H groups in total. The zero-order valence-electron chi connectivity index (χ0n) is 12.6. The largest absolute Gasteiger partial charge is 0.481 e. The Balaban J connectivity index is 2.32. The minimum Gasteiger partial charge on any atom is -0.481 e. The van der Waals surface area contributed by atoms with Crippen molar-refractivity contribution in [2.75, 3.05) is 0 Å². The molecule has 0 saturated heterocycles. The Kier molecular flexibility index (Phi) is 6.88. The second-order valence-corrected chi connectivity index (χ2v) is 4.86. The number of carbonyl (C=O) groups excluding carboxylic acids is 2. The maximum Gasteiger partial charge on any atom is 0.303 e. The third-order valence-electron chi connectivity index (χ3n) is 2.79. The number of hydrogen-bond donors (Lipinski definition) is 3. The van der Waals surface area contributed by atoms with Crippen molar-refractivity contribution in [1.82, 2.24) is 10.9 Å². The van der Waals surface area contributed by atoms with Crippen molar-refractivity contribution >= 4 is 17.8 Å². The van der Waals surface area contributed by atoms with E-state index in [2.05, 4.69) is 10.9 Å². The van der Waals surface area contributed by atoms with Crippen LogP contribution in [0.4, 0.5) is 0 Å². The molecule has 0 heterocycles. The number of nitrogens with one attached hydrogen (secondary N) is 2. The number of carboxylic acids is 1. The quantitative estimate of drug-likeness (QED) is 0.656. The fourth-order valence-corrected chi connectivity index (χ4v) is 1.64. The Morgan fingerprint density at radius 2 is 1.95 bits per heavy atom. The molecule has 0 aromatic heterocycles. The molecule has 0 fully saturated rings. The number of aryl methyl sites for hydroxylation is 1. The number of carbonyl (C=O) groups is 3. The van der Waals surface area contributed by atoms with E-state index in [1.165, 1.54) is 0 Å². The van der Waals surface area contributed by atoms with Crippen molar-refractivity contribution in [3.05, 3.63) is 29.8 Å². The highest BCUT2D eigenvalue weighted by atomic mass is 16.5. The fraction of sp³-hybridized carbons (Fsp3) is 0.400. The van der Waals surface area contributed by atoms with Crippen molar-refractivity contribution in [2.24, 2.45) is 0 Å². The van der Waals surface area contributed by atoms with Crippen molar-refractivity contribution in [2.45, 2.75) is 39.2 Å². The Labute approximate surface area is 128 Å². The van der Waals surface area contributed by atoms with Crippen molar-refractivity contribution in [3.8, 4) is 5.75 Å². The standard InChI is InChI=1S/C15H20N2O5/c1-10-5-3-6-12(9-10)22-11(2)15(21)17-16-13(18)7-4-8-14(19)20/h3,5-6,9,11H,4,7-8H2,1-2H3,(H,16,18)(H,17,21)(H,19,20)/t11-/m0/s1. The molecule has 0 bridgehead atoms. The summed E-state index contributed by atoms with van der Waals surface area (Å²) in [5, 5.41) is 8.46. The van der Waals surface area contributed by atoms with E-state index in [0.29, 0.717) is 5.75 Å². The Bertz CT molecular complexity index is 544. The van der Waals surface area contributed by atoms with Crippen LogP contribution in [0.2, 0.25) is 0 Å². The summed E-state index contributed by atoms with van der Waals surface area (Å²) in [6.45, 7) is 3.48. The number of hydrazine groups is 1. The number of ether oxygens (including phenoxy) is 1. The lowest BCUT2D eigenvalue weighted by Gasteiger charge is -2.15. The molecule has 0 aliphatic carbocycles. The van der Waals surface area contributed by atoms with Gasteiger partial charge in [0.25, 0.3) is 5.91 Å². The lowest BCUT2D eigenvalue weighted by Crippen LogP contribution is -2.47. The fourth-order valence-electron chi connectivity index (χ4n) is 1.64. The van der Waals surface area contributed by atoms with Crippen LogP contribution in [0.25, 0.3) is 0 Å². The molecule has 22 heavy (non-hydrogen) atoms. The maximum atomic E-state index is 11.8. The van der Waals surface area contributed by atoms with E-state index in [1.54, 1.807) is 19.1 Å². The summed E-state index contributed by atoms with van der Waals surface area (Å²) in [4.78, 5) is 33.5. The number of benzene rings is 1. The van der Waals surface area contributed by atoms with E-state index >= 15 is 0 Å². The van der Waals surface area contributed by atoms with Gasteiger partial charge in [0.2, 0.25) is 5.91 Å². The lowest BCUT2D eigenvalue weighted by atomic mass is 10.2. The van der Waals surface area contributed by atoms with Crippen LogP contribution in [-0.2, 0) is 14.4 Å². The first kappa shape index (κ1) is 17.5. The summed E-state index contributed by atoms with van der Waals surface area (Å²) < 4.78 is 5.46. The van der Waals surface area contributed by atoms with Gasteiger partial charge in [-0.2, -0.15) is 0 Å². The topological polar surface area (TPSA) is 105 Å². The number of rotatable bonds is 7. The molecule has 1 atom stereocenters. The zero-order chi connectivity index (χ0) is 16.5. The highest BCUT2D eigenvalue weighted by Gasteiger charge is 2.15. The molecule has 7 nitrogen and oxygen atoms in total. The summed E-state index contributed by atoms with van der Waals surface area (Å²) in [7, 11) is 0. The second kappa shape index (κ2) is 8.66. The number of carboxylic acid groups (broad SMARTS) is 1. The van der Waals surface area contributed by atoms with Crippen LogP contribution in [0.1, 0.15) is 31.7 Å². The van der Waals surface area contributed by atoms with E-state index < -0.39 is 23.9 Å². The van der Waals surface area contributed by atoms with E-state index in [9.17, 15) is 14.4 Å². The van der Waals surface area contributed by atoms with Crippen LogP contribution in [0.15, 0.2) is 24.3 Å². The average Bonchev–Trinajstić information content (AvgIpc) is 2.44. The van der Waals surface area contributed by atoms with Gasteiger partial charge in [-0.25, -0.2) is 0 Å². The van der Waals surface area contributed by atoms with Gasteiger partial charge in [-0.05, 0) is 38.0 Å². The van der Waals surface area contributed by atoms with Gasteiger partial charge in [0.1, 0.15) is 5.75 Å². The third kappa shape index (κ3) is 6.74. The first-order chi connectivity index (χ1) is 10.4. The van der Waals surface area contributed by atoms with Crippen LogP contribution in [-0.4, -0.2) is 29.0 Å². The van der Waals surface area contributed by atoms with Crippen LogP contribution in [0.5, 0.6) is 5.75 Å². The molecule has 120 valence electrons. The molecule has 0 unspecified atom stereocenters. The number of aliphatic carboxylic acids is 1. The molecule has 7 heteroatoms. The van der Waals surface area contributed by atoms with Gasteiger partial charge in [0, 0.05) is 12.8 Å². The summed E-state index contributed by atoms with van der Waals surface area (Å²) >= 11 is 0. The molecular weight excluding hydrogens is 288 g/mol. The Morgan fingerprint density at radius 3 is 2.59 bits per heavy atom. The molecule has 1 aromatic rings. The minimum absolute atomic E-state index is 0.0275. The molecule has 1 aromatic carbocycles. The van der Waals surface area contributed by atoms with Crippen LogP contribution >= 0.6 is 0 Å².